The van der Waals surface area contributed by atoms with Crippen molar-refractivity contribution in [3.05, 3.63) is 111 Å². The van der Waals surface area contributed by atoms with Gasteiger partial charge in [0.1, 0.15) is 5.69 Å². The molecule has 0 bridgehead atoms. The lowest BCUT2D eigenvalue weighted by Gasteiger charge is -2.08. The van der Waals surface area contributed by atoms with Crippen molar-refractivity contribution in [3.8, 4) is 5.75 Å². The van der Waals surface area contributed by atoms with Crippen LogP contribution in [-0.2, 0) is 31.0 Å². The normalized spacial score (nSPS) is 10.9. The molecule has 37 heavy (non-hydrogen) atoms. The second-order valence-electron chi connectivity index (χ2n) is 8.52. The Bertz CT molecular complexity index is 1450. The molecule has 4 aromatic rings. The highest BCUT2D eigenvalue weighted by molar-refractivity contribution is 5.95. The highest BCUT2D eigenvalue weighted by Gasteiger charge is 2.18. The van der Waals surface area contributed by atoms with E-state index in [0.717, 1.165) is 11.1 Å². The van der Waals surface area contributed by atoms with E-state index < -0.39 is 11.7 Å². The minimum absolute atomic E-state index is 0.00971. The monoisotopic (exact) mass is 505 g/mol. The van der Waals surface area contributed by atoms with Crippen LogP contribution in [0, 0.1) is 12.7 Å². The Balaban J connectivity index is 1.45. The summed E-state index contributed by atoms with van der Waals surface area (Å²) in [6.07, 6.45) is 4.83. The lowest BCUT2D eigenvalue weighted by atomic mass is 10.1. The third-order valence-corrected chi connectivity index (χ3v) is 5.86. The number of ether oxygens (including phenoxy) is 2. The number of benzene rings is 1. The Morgan fingerprint density at radius 1 is 1.05 bits per heavy atom. The maximum absolute atomic E-state index is 14.4. The fraction of sp³-hybridized carbons (Fsp3) is 0.259. The van der Waals surface area contributed by atoms with Gasteiger partial charge in [0.2, 0.25) is 0 Å². The number of carbonyl (C=O) groups is 1. The predicted octanol–water partition coefficient (Wildman–Crippen LogP) is 3.07. The van der Waals surface area contributed by atoms with Gasteiger partial charge in [0.25, 0.3) is 11.5 Å². The van der Waals surface area contributed by atoms with Gasteiger partial charge in [-0.15, -0.1) is 0 Å². The molecule has 0 aliphatic heterocycles. The van der Waals surface area contributed by atoms with Crippen molar-refractivity contribution in [2.45, 2.75) is 33.2 Å². The first-order valence-corrected chi connectivity index (χ1v) is 11.6. The zero-order chi connectivity index (χ0) is 26.4. The molecule has 0 aliphatic carbocycles. The van der Waals surface area contributed by atoms with Crippen LogP contribution < -0.4 is 15.6 Å². The van der Waals surface area contributed by atoms with E-state index >= 15 is 0 Å². The standard InChI is InChI=1S/C27H28FN5O4/c1-18-5-4-12-32(27(18)35)14-19-6-8-20(9-7-19)15-33-16-21(23(31-33)17-36-2)26(34)30-13-22-25(28)24(37-3)10-11-29-22/h4-12,16H,13-15,17H2,1-3H3,(H,30,34). The van der Waals surface area contributed by atoms with E-state index in [1.54, 1.807) is 34.6 Å². The zero-order valence-corrected chi connectivity index (χ0v) is 20.9. The molecule has 1 aromatic carbocycles. The molecule has 0 saturated heterocycles. The van der Waals surface area contributed by atoms with Gasteiger partial charge in [-0.2, -0.15) is 5.10 Å². The molecule has 0 fully saturated rings. The number of carbonyl (C=O) groups excluding carboxylic acids is 1. The molecule has 0 spiro atoms. The molecule has 0 radical (unpaired) electrons. The number of nitrogens with zero attached hydrogens (tertiary/aromatic N) is 4. The summed E-state index contributed by atoms with van der Waals surface area (Å²) in [5.74, 6) is -0.973. The fourth-order valence-corrected chi connectivity index (χ4v) is 3.90. The molecule has 3 aromatic heterocycles. The number of rotatable bonds is 10. The van der Waals surface area contributed by atoms with E-state index in [-0.39, 0.29) is 30.2 Å². The topological polar surface area (TPSA) is 100 Å². The number of pyridine rings is 2. The van der Waals surface area contributed by atoms with Crippen LogP contribution in [-0.4, -0.2) is 39.5 Å². The molecule has 0 aliphatic rings. The Labute approximate surface area is 213 Å². The molecular weight excluding hydrogens is 477 g/mol. The Hall–Kier alpha value is -4.31. The number of nitrogens with one attached hydrogen (secondary N) is 1. The van der Waals surface area contributed by atoms with E-state index in [1.165, 1.54) is 26.5 Å². The first-order chi connectivity index (χ1) is 17.9. The van der Waals surface area contributed by atoms with Crippen molar-refractivity contribution in [2.75, 3.05) is 14.2 Å². The third-order valence-electron chi connectivity index (χ3n) is 5.86. The number of halogens is 1. The average Bonchev–Trinajstić information content (AvgIpc) is 3.29. The molecular formula is C27H28FN5O4. The molecule has 1 amide bonds. The maximum atomic E-state index is 14.4. The molecule has 4 rings (SSSR count). The highest BCUT2D eigenvalue weighted by atomic mass is 19.1. The lowest BCUT2D eigenvalue weighted by Crippen LogP contribution is -2.24. The van der Waals surface area contributed by atoms with Crippen LogP contribution in [0.15, 0.2) is 65.8 Å². The summed E-state index contributed by atoms with van der Waals surface area (Å²) in [6, 6.07) is 12.9. The minimum Gasteiger partial charge on any atom is -0.494 e. The van der Waals surface area contributed by atoms with E-state index in [4.69, 9.17) is 9.47 Å². The Morgan fingerprint density at radius 3 is 2.49 bits per heavy atom. The van der Waals surface area contributed by atoms with Gasteiger partial charge in [-0.3, -0.25) is 19.3 Å². The Morgan fingerprint density at radius 2 is 1.78 bits per heavy atom. The van der Waals surface area contributed by atoms with Crippen molar-refractivity contribution in [1.82, 2.24) is 24.6 Å². The second-order valence-corrected chi connectivity index (χ2v) is 8.52. The minimum atomic E-state index is -0.617. The summed E-state index contributed by atoms with van der Waals surface area (Å²) in [7, 11) is 2.89. The van der Waals surface area contributed by atoms with Crippen LogP contribution in [0.1, 0.15) is 38.4 Å². The van der Waals surface area contributed by atoms with Gasteiger partial charge < -0.3 is 19.4 Å². The first-order valence-electron chi connectivity index (χ1n) is 11.6. The van der Waals surface area contributed by atoms with Gasteiger partial charge >= 0.3 is 0 Å². The molecule has 0 atom stereocenters. The number of aryl methyl sites for hydroxylation is 1. The molecule has 1 N–H and O–H groups in total. The van der Waals surface area contributed by atoms with Gasteiger partial charge in [0, 0.05) is 37.3 Å². The van der Waals surface area contributed by atoms with Crippen LogP contribution in [0.3, 0.4) is 0 Å². The molecule has 9 nitrogen and oxygen atoms in total. The van der Waals surface area contributed by atoms with Crippen LogP contribution in [0.2, 0.25) is 0 Å². The summed E-state index contributed by atoms with van der Waals surface area (Å²) in [5.41, 5.74) is 3.53. The summed E-state index contributed by atoms with van der Waals surface area (Å²) >= 11 is 0. The van der Waals surface area contributed by atoms with Gasteiger partial charge in [-0.05, 0) is 24.1 Å². The van der Waals surface area contributed by atoms with E-state index in [1.807, 2.05) is 30.3 Å². The maximum Gasteiger partial charge on any atom is 0.255 e. The number of methoxy groups -OCH3 is 2. The smallest absolute Gasteiger partial charge is 0.255 e. The highest BCUT2D eigenvalue weighted by Crippen LogP contribution is 2.18. The second kappa shape index (κ2) is 11.6. The van der Waals surface area contributed by atoms with E-state index in [0.29, 0.717) is 29.9 Å². The van der Waals surface area contributed by atoms with Crippen molar-refractivity contribution in [1.29, 1.82) is 0 Å². The quantitative estimate of drug-likeness (QED) is 0.356. The lowest BCUT2D eigenvalue weighted by molar-refractivity contribution is 0.0945. The van der Waals surface area contributed by atoms with Gasteiger partial charge in [-0.1, -0.05) is 30.3 Å². The van der Waals surface area contributed by atoms with Crippen LogP contribution in [0.4, 0.5) is 4.39 Å². The summed E-state index contributed by atoms with van der Waals surface area (Å²) in [6.45, 7) is 2.75. The number of amides is 1. The van der Waals surface area contributed by atoms with Crippen molar-refractivity contribution in [2.24, 2.45) is 0 Å². The summed E-state index contributed by atoms with van der Waals surface area (Å²) in [5, 5.41) is 7.19. The number of hydrogen-bond acceptors (Lipinski definition) is 6. The fourth-order valence-electron chi connectivity index (χ4n) is 3.90. The summed E-state index contributed by atoms with van der Waals surface area (Å²) < 4.78 is 27.9. The summed E-state index contributed by atoms with van der Waals surface area (Å²) in [4.78, 5) is 29.1. The Kier molecular flexibility index (Phi) is 8.09. The van der Waals surface area contributed by atoms with Gasteiger partial charge in [0.05, 0.1) is 44.6 Å². The van der Waals surface area contributed by atoms with Crippen LogP contribution in [0.25, 0.3) is 0 Å². The predicted molar refractivity (Wildman–Crippen MR) is 135 cm³/mol. The van der Waals surface area contributed by atoms with E-state index in [9.17, 15) is 14.0 Å². The largest absolute Gasteiger partial charge is 0.494 e. The van der Waals surface area contributed by atoms with Crippen LogP contribution >= 0.6 is 0 Å². The molecule has 0 saturated carbocycles. The molecule has 0 unspecified atom stereocenters. The van der Waals surface area contributed by atoms with Crippen molar-refractivity contribution < 1.29 is 18.7 Å². The first kappa shape index (κ1) is 25.8. The van der Waals surface area contributed by atoms with Crippen molar-refractivity contribution >= 4 is 5.91 Å². The molecule has 10 heteroatoms. The van der Waals surface area contributed by atoms with Gasteiger partial charge in [0.15, 0.2) is 11.6 Å². The average molecular weight is 506 g/mol. The van der Waals surface area contributed by atoms with Gasteiger partial charge in [-0.25, -0.2) is 4.39 Å². The van der Waals surface area contributed by atoms with Crippen LogP contribution in [0.5, 0.6) is 5.75 Å². The third kappa shape index (κ3) is 6.10. The van der Waals surface area contributed by atoms with E-state index in [2.05, 4.69) is 15.4 Å². The van der Waals surface area contributed by atoms with Crippen molar-refractivity contribution in [3.63, 3.8) is 0 Å². The zero-order valence-electron chi connectivity index (χ0n) is 20.9. The molecule has 3 heterocycles. The number of aromatic nitrogens is 4. The molecule has 192 valence electrons. The SMILES string of the molecule is COCc1nn(Cc2ccc(Cn3cccc(C)c3=O)cc2)cc1C(=O)NCc1nccc(OC)c1F. The number of hydrogen-bond donors (Lipinski definition) is 1.